The van der Waals surface area contributed by atoms with Gasteiger partial charge in [-0.1, -0.05) is 57.6 Å². The van der Waals surface area contributed by atoms with Crippen LogP contribution in [0.1, 0.15) is 111 Å². The molecule has 1 unspecified atom stereocenters. The Morgan fingerprint density at radius 2 is 1.52 bits per heavy atom. The van der Waals surface area contributed by atoms with Crippen molar-refractivity contribution in [2.24, 2.45) is 5.73 Å². The van der Waals surface area contributed by atoms with E-state index < -0.39 is 0 Å². The summed E-state index contributed by atoms with van der Waals surface area (Å²) >= 11 is 0. The van der Waals surface area contributed by atoms with Crippen molar-refractivity contribution in [3.63, 3.8) is 0 Å². The van der Waals surface area contributed by atoms with Crippen LogP contribution in [0, 0.1) is 0 Å². The fourth-order valence-corrected chi connectivity index (χ4v) is 3.45. The summed E-state index contributed by atoms with van der Waals surface area (Å²) in [6.45, 7) is 7.34. The summed E-state index contributed by atoms with van der Waals surface area (Å²) in [4.78, 5) is 14.5. The molecule has 0 aromatic rings. The Kier molecular flexibility index (Phi) is 18.5. The van der Waals surface area contributed by atoms with Gasteiger partial charge in [-0.15, -0.1) is 0 Å². The van der Waals surface area contributed by atoms with Gasteiger partial charge in [-0.3, -0.25) is 4.79 Å². The number of nitrogens with two attached hydrogens (primary N) is 1. The Hall–Kier alpha value is -0.910. The van der Waals surface area contributed by atoms with E-state index in [2.05, 4.69) is 37.8 Å². The van der Waals surface area contributed by atoms with Gasteiger partial charge < -0.3 is 15.8 Å². The first kappa shape index (κ1) is 28.1. The highest BCUT2D eigenvalue weighted by atomic mass is 16.5. The van der Waals surface area contributed by atoms with Gasteiger partial charge in [-0.2, -0.15) is 5.06 Å². The zero-order valence-electron chi connectivity index (χ0n) is 19.7. The van der Waals surface area contributed by atoms with Crippen molar-refractivity contribution in [3.8, 4) is 0 Å². The Labute approximate surface area is 180 Å². The van der Waals surface area contributed by atoms with Gasteiger partial charge in [0.2, 0.25) is 5.91 Å². The average Bonchev–Trinajstić information content (AvgIpc) is 2.68. The number of rotatable bonds is 19. The molecule has 1 atom stereocenters. The first-order valence-electron chi connectivity index (χ1n) is 12.0. The maximum atomic E-state index is 12.4. The van der Waals surface area contributed by atoms with Crippen LogP contribution < -0.4 is 5.73 Å². The molecule has 0 heterocycles. The predicted octanol–water partition coefficient (Wildman–Crippen LogP) is 5.87. The first-order chi connectivity index (χ1) is 13.9. The van der Waals surface area contributed by atoms with Gasteiger partial charge in [0.05, 0.1) is 6.17 Å². The molecule has 0 aliphatic heterocycles. The monoisotopic (exact) mass is 411 g/mol. The third-order valence-electron chi connectivity index (χ3n) is 5.48. The molecule has 0 aromatic heterocycles. The van der Waals surface area contributed by atoms with Crippen LogP contribution in [0.15, 0.2) is 12.2 Å². The van der Waals surface area contributed by atoms with Gasteiger partial charge in [0, 0.05) is 26.1 Å². The second-order valence-electron chi connectivity index (χ2n) is 8.59. The van der Waals surface area contributed by atoms with Crippen LogP contribution in [0.3, 0.4) is 0 Å². The van der Waals surface area contributed by atoms with Crippen LogP contribution in [0.4, 0.5) is 0 Å². The molecule has 0 saturated carbocycles. The van der Waals surface area contributed by atoms with E-state index in [0.717, 1.165) is 56.6 Å². The van der Waals surface area contributed by atoms with Crippen molar-refractivity contribution >= 4 is 5.91 Å². The van der Waals surface area contributed by atoms with Crippen LogP contribution in [0.2, 0.25) is 0 Å². The van der Waals surface area contributed by atoms with Crippen LogP contribution in [-0.4, -0.2) is 46.9 Å². The van der Waals surface area contributed by atoms with Gasteiger partial charge in [-0.25, -0.2) is 0 Å². The molecule has 0 fully saturated rings. The number of hydroxylamine groups is 2. The molecule has 172 valence electrons. The number of hydrogen-bond donors (Lipinski definition) is 2. The third kappa shape index (κ3) is 16.6. The molecule has 0 rings (SSSR count). The molecule has 3 N–H and O–H groups in total. The number of unbranched alkanes of at least 4 members (excludes halogenated alkanes) is 9. The Bertz CT molecular complexity index is 411. The fourth-order valence-electron chi connectivity index (χ4n) is 3.45. The molecular formula is C24H49N3O2. The van der Waals surface area contributed by atoms with Crippen LogP contribution in [-0.2, 0) is 4.79 Å². The number of carbonyl (C=O) groups excluding carboxylic acids is 1. The van der Waals surface area contributed by atoms with E-state index in [4.69, 9.17) is 5.73 Å². The summed E-state index contributed by atoms with van der Waals surface area (Å²) < 4.78 is 0. The lowest BCUT2D eigenvalue weighted by Gasteiger charge is -2.27. The van der Waals surface area contributed by atoms with Crippen molar-refractivity contribution in [3.05, 3.63) is 12.2 Å². The zero-order valence-corrected chi connectivity index (χ0v) is 19.7. The van der Waals surface area contributed by atoms with E-state index in [-0.39, 0.29) is 6.17 Å². The third-order valence-corrected chi connectivity index (χ3v) is 5.48. The highest BCUT2D eigenvalue weighted by Gasteiger charge is 2.15. The second kappa shape index (κ2) is 19.1. The minimum atomic E-state index is -0.238. The average molecular weight is 412 g/mol. The molecule has 0 bridgehead atoms. The Balaban J connectivity index is 3.69. The zero-order chi connectivity index (χ0) is 21.9. The summed E-state index contributed by atoms with van der Waals surface area (Å²) in [5.74, 6) is 0.332. The van der Waals surface area contributed by atoms with E-state index >= 15 is 0 Å². The summed E-state index contributed by atoms with van der Waals surface area (Å²) in [7, 11) is 1.60. The van der Waals surface area contributed by atoms with E-state index in [0.29, 0.717) is 18.4 Å². The second-order valence-corrected chi connectivity index (χ2v) is 8.59. The topological polar surface area (TPSA) is 69.8 Å². The highest BCUT2D eigenvalue weighted by molar-refractivity contribution is 5.76. The number of hydrogen-bond acceptors (Lipinski definition) is 4. The van der Waals surface area contributed by atoms with Crippen molar-refractivity contribution in [1.82, 2.24) is 9.96 Å². The van der Waals surface area contributed by atoms with Crippen molar-refractivity contribution in [2.75, 3.05) is 13.6 Å². The smallest absolute Gasteiger partial charge is 0.222 e. The number of nitrogens with zero attached hydrogens (tertiary/aromatic N) is 2. The minimum Gasteiger partial charge on any atom is -0.340 e. The molecule has 1 amide bonds. The lowest BCUT2D eigenvalue weighted by Crippen LogP contribution is -2.37. The largest absolute Gasteiger partial charge is 0.340 e. The predicted molar refractivity (Wildman–Crippen MR) is 124 cm³/mol. The van der Waals surface area contributed by atoms with Crippen LogP contribution >= 0.6 is 0 Å². The van der Waals surface area contributed by atoms with Crippen molar-refractivity contribution < 1.29 is 10.0 Å². The van der Waals surface area contributed by atoms with E-state index in [9.17, 15) is 10.0 Å². The lowest BCUT2D eigenvalue weighted by molar-refractivity contribution is -0.133. The summed E-state index contributed by atoms with van der Waals surface area (Å²) in [6, 6.07) is 0.302. The molecule has 29 heavy (non-hydrogen) atoms. The number of allylic oxidation sites excluding steroid dienone is 2. The first-order valence-corrected chi connectivity index (χ1v) is 12.0. The molecule has 0 aliphatic carbocycles. The van der Waals surface area contributed by atoms with Gasteiger partial charge in [-0.05, 0) is 58.8 Å². The molecule has 0 aliphatic rings. The molecule has 0 spiro atoms. The quantitative estimate of drug-likeness (QED) is 0.121. The Morgan fingerprint density at radius 1 is 0.931 bits per heavy atom. The van der Waals surface area contributed by atoms with Crippen LogP contribution in [0.5, 0.6) is 0 Å². The van der Waals surface area contributed by atoms with Crippen molar-refractivity contribution in [2.45, 2.75) is 123 Å². The van der Waals surface area contributed by atoms with E-state index in [1.807, 2.05) is 0 Å². The number of carbonyl (C=O) groups is 1. The number of amides is 1. The maximum absolute atomic E-state index is 12.4. The summed E-state index contributed by atoms with van der Waals surface area (Å²) in [5, 5.41) is 10.3. The van der Waals surface area contributed by atoms with Gasteiger partial charge >= 0.3 is 0 Å². The molecular weight excluding hydrogens is 362 g/mol. The van der Waals surface area contributed by atoms with E-state index in [1.165, 1.54) is 38.5 Å². The molecule has 5 heteroatoms. The maximum Gasteiger partial charge on any atom is 0.222 e. The van der Waals surface area contributed by atoms with Gasteiger partial charge in [0.25, 0.3) is 0 Å². The van der Waals surface area contributed by atoms with Crippen molar-refractivity contribution in [1.29, 1.82) is 0 Å². The summed E-state index contributed by atoms with van der Waals surface area (Å²) in [5.41, 5.74) is 5.76. The standard InChI is InChI=1S/C24H49N3O2/c1-5-6-7-17-20-24(28)27(22(2)3)21-18-15-13-11-9-8-10-12-14-16-19-23(25)26(4)29/h9,11,22-23,29H,5-8,10,12-21,25H2,1-4H3. The van der Waals surface area contributed by atoms with Crippen LogP contribution in [0.25, 0.3) is 0 Å². The van der Waals surface area contributed by atoms with E-state index in [1.54, 1.807) is 7.05 Å². The normalized spacial score (nSPS) is 13.0. The van der Waals surface area contributed by atoms with Gasteiger partial charge in [0.1, 0.15) is 0 Å². The molecule has 0 aromatic carbocycles. The SMILES string of the molecule is CCCCCCC(=O)N(CCCCC=CCCCCCCC(N)N(C)O)C(C)C. The Morgan fingerprint density at radius 3 is 2.10 bits per heavy atom. The molecule has 0 radical (unpaired) electrons. The summed E-state index contributed by atoms with van der Waals surface area (Å²) in [6.07, 6.45) is 19.7. The highest BCUT2D eigenvalue weighted by Crippen LogP contribution is 2.11. The molecule has 0 saturated heterocycles. The minimum absolute atomic E-state index is 0.238. The van der Waals surface area contributed by atoms with Gasteiger partial charge in [0.15, 0.2) is 0 Å². The molecule has 5 nitrogen and oxygen atoms in total. The lowest BCUT2D eigenvalue weighted by atomic mass is 10.1. The fraction of sp³-hybridized carbons (Fsp3) is 0.875.